The largest absolute Gasteiger partial charge is 0.357 e. The Morgan fingerprint density at radius 2 is 2.17 bits per heavy atom. The van der Waals surface area contributed by atoms with Gasteiger partial charge in [0.2, 0.25) is 5.95 Å². The highest BCUT2D eigenvalue weighted by Crippen LogP contribution is 2.18. The summed E-state index contributed by atoms with van der Waals surface area (Å²) in [6.45, 7) is 4.04. The molecule has 0 aliphatic heterocycles. The number of aryl methyl sites for hydroxylation is 2. The third-order valence-electron chi connectivity index (χ3n) is 2.87. The number of hydrogen-bond acceptors (Lipinski definition) is 4. The number of benzene rings is 1. The lowest BCUT2D eigenvalue weighted by Crippen LogP contribution is -2.24. The summed E-state index contributed by atoms with van der Waals surface area (Å²) < 4.78 is 1.50. The van der Waals surface area contributed by atoms with Gasteiger partial charge in [-0.05, 0) is 24.5 Å². The molecule has 0 bridgehead atoms. The first-order chi connectivity index (χ1) is 8.67. The van der Waals surface area contributed by atoms with Gasteiger partial charge in [0.1, 0.15) is 6.33 Å². The molecule has 0 saturated carbocycles. The summed E-state index contributed by atoms with van der Waals surface area (Å²) in [5.41, 5.74) is 2.71. The van der Waals surface area contributed by atoms with Gasteiger partial charge >= 0.3 is 5.69 Å². The number of anilines is 1. The smallest absolute Gasteiger partial charge is 0.356 e. The molecule has 0 radical (unpaired) electrons. The zero-order valence-electron chi connectivity index (χ0n) is 10.8. The lowest BCUT2D eigenvalue weighted by Gasteiger charge is -2.12. The van der Waals surface area contributed by atoms with Crippen molar-refractivity contribution in [2.45, 2.75) is 20.3 Å². The number of aromatic nitrogens is 3. The molecule has 0 spiro atoms. The van der Waals surface area contributed by atoms with Crippen LogP contribution >= 0.6 is 0 Å². The minimum atomic E-state index is -0.321. The summed E-state index contributed by atoms with van der Waals surface area (Å²) >= 11 is 0. The molecule has 5 heteroatoms. The number of hydrogen-bond donors (Lipinski definition) is 1. The Morgan fingerprint density at radius 3 is 2.78 bits per heavy atom. The molecule has 0 amide bonds. The molecule has 0 atom stereocenters. The van der Waals surface area contributed by atoms with E-state index in [0.29, 0.717) is 5.95 Å². The van der Waals surface area contributed by atoms with Crippen LogP contribution in [0.25, 0.3) is 5.69 Å². The van der Waals surface area contributed by atoms with Crippen LogP contribution in [-0.4, -0.2) is 21.6 Å². The summed E-state index contributed by atoms with van der Waals surface area (Å²) in [5.74, 6) is 0.336. The molecule has 2 aromatic rings. The highest BCUT2D eigenvalue weighted by Gasteiger charge is 2.09. The second-order valence-corrected chi connectivity index (χ2v) is 4.02. The average molecular weight is 244 g/mol. The molecule has 1 aromatic carbocycles. The summed E-state index contributed by atoms with van der Waals surface area (Å²) in [4.78, 5) is 20.0. The summed E-state index contributed by atoms with van der Waals surface area (Å²) in [6.07, 6.45) is 2.37. The highest BCUT2D eigenvalue weighted by atomic mass is 16.1. The van der Waals surface area contributed by atoms with Crippen LogP contribution in [0, 0.1) is 6.92 Å². The number of para-hydroxylation sites is 1. The van der Waals surface area contributed by atoms with Crippen molar-refractivity contribution in [3.8, 4) is 5.69 Å². The molecule has 2 rings (SSSR count). The van der Waals surface area contributed by atoms with E-state index in [1.807, 2.05) is 25.1 Å². The fourth-order valence-corrected chi connectivity index (χ4v) is 1.96. The van der Waals surface area contributed by atoms with Gasteiger partial charge in [0.15, 0.2) is 0 Å². The molecule has 0 saturated heterocycles. The number of nitrogens with one attached hydrogen (secondary N) is 1. The fraction of sp³-hybridized carbons (Fsp3) is 0.308. The molecule has 18 heavy (non-hydrogen) atoms. The van der Waals surface area contributed by atoms with E-state index in [-0.39, 0.29) is 5.69 Å². The van der Waals surface area contributed by atoms with Crippen LogP contribution in [0.5, 0.6) is 0 Å². The van der Waals surface area contributed by atoms with Crippen molar-refractivity contribution >= 4 is 5.95 Å². The van der Waals surface area contributed by atoms with Crippen LogP contribution in [-0.2, 0) is 6.42 Å². The van der Waals surface area contributed by atoms with Gasteiger partial charge in [0.05, 0.1) is 5.69 Å². The Bertz CT molecular complexity index is 619. The maximum absolute atomic E-state index is 12.0. The molecule has 94 valence electrons. The van der Waals surface area contributed by atoms with E-state index in [2.05, 4.69) is 22.2 Å². The van der Waals surface area contributed by atoms with Gasteiger partial charge in [-0.25, -0.2) is 9.78 Å². The normalized spacial score (nSPS) is 10.4. The van der Waals surface area contributed by atoms with Gasteiger partial charge in [-0.2, -0.15) is 4.98 Å². The Balaban J connectivity index is 2.66. The van der Waals surface area contributed by atoms with Crippen molar-refractivity contribution in [2.24, 2.45) is 0 Å². The first kappa shape index (κ1) is 12.3. The third kappa shape index (κ3) is 2.11. The van der Waals surface area contributed by atoms with Crippen LogP contribution in [0.1, 0.15) is 18.1 Å². The maximum atomic E-state index is 12.0. The maximum Gasteiger partial charge on any atom is 0.356 e. The molecular weight excluding hydrogens is 228 g/mol. The highest BCUT2D eigenvalue weighted by molar-refractivity contribution is 5.47. The van der Waals surface area contributed by atoms with Gasteiger partial charge in [-0.15, -0.1) is 0 Å². The second-order valence-electron chi connectivity index (χ2n) is 4.02. The molecule has 0 aliphatic rings. The van der Waals surface area contributed by atoms with Gasteiger partial charge in [0.25, 0.3) is 0 Å². The van der Waals surface area contributed by atoms with E-state index >= 15 is 0 Å². The van der Waals surface area contributed by atoms with Crippen LogP contribution in [0.4, 0.5) is 5.95 Å². The third-order valence-corrected chi connectivity index (χ3v) is 2.87. The first-order valence-electron chi connectivity index (χ1n) is 5.89. The average Bonchev–Trinajstić information content (AvgIpc) is 2.39. The summed E-state index contributed by atoms with van der Waals surface area (Å²) in [7, 11) is 1.68. The molecule has 1 N–H and O–H groups in total. The van der Waals surface area contributed by atoms with E-state index in [4.69, 9.17) is 0 Å². The van der Waals surface area contributed by atoms with Crippen molar-refractivity contribution in [1.82, 2.24) is 14.5 Å². The second kappa shape index (κ2) is 5.00. The minimum absolute atomic E-state index is 0.321. The molecule has 0 fully saturated rings. The number of nitrogens with zero attached hydrogens (tertiary/aromatic N) is 3. The molecule has 0 unspecified atom stereocenters. The topological polar surface area (TPSA) is 59.8 Å². The van der Waals surface area contributed by atoms with Crippen LogP contribution in [0.15, 0.2) is 29.3 Å². The Morgan fingerprint density at radius 1 is 1.39 bits per heavy atom. The zero-order chi connectivity index (χ0) is 13.1. The van der Waals surface area contributed by atoms with Crippen LogP contribution < -0.4 is 11.0 Å². The molecular formula is C13H16N4O. The first-order valence-corrected chi connectivity index (χ1v) is 5.89. The zero-order valence-corrected chi connectivity index (χ0v) is 10.8. The van der Waals surface area contributed by atoms with Crippen molar-refractivity contribution in [1.29, 1.82) is 0 Å². The van der Waals surface area contributed by atoms with Gasteiger partial charge in [0, 0.05) is 7.05 Å². The van der Waals surface area contributed by atoms with Crippen molar-refractivity contribution < 1.29 is 0 Å². The Kier molecular flexibility index (Phi) is 3.41. The molecule has 1 heterocycles. The van der Waals surface area contributed by atoms with Gasteiger partial charge in [-0.3, -0.25) is 4.57 Å². The summed E-state index contributed by atoms with van der Waals surface area (Å²) in [5, 5.41) is 2.75. The fourth-order valence-electron chi connectivity index (χ4n) is 1.96. The van der Waals surface area contributed by atoms with E-state index in [0.717, 1.165) is 23.2 Å². The van der Waals surface area contributed by atoms with Crippen molar-refractivity contribution in [3.63, 3.8) is 0 Å². The van der Waals surface area contributed by atoms with E-state index in [1.54, 1.807) is 7.05 Å². The standard InChI is InChI=1S/C13H16N4O/c1-4-10-7-5-6-9(2)11(10)17-8-15-12(14-3)16-13(17)18/h5-8H,4H2,1-3H3,(H,14,16,18). The Labute approximate surface area is 106 Å². The van der Waals surface area contributed by atoms with E-state index in [1.165, 1.54) is 10.9 Å². The lowest BCUT2D eigenvalue weighted by molar-refractivity contribution is 0.844. The molecule has 1 aromatic heterocycles. The quantitative estimate of drug-likeness (QED) is 0.889. The monoisotopic (exact) mass is 244 g/mol. The number of rotatable bonds is 3. The van der Waals surface area contributed by atoms with Gasteiger partial charge < -0.3 is 5.32 Å². The van der Waals surface area contributed by atoms with E-state index < -0.39 is 0 Å². The SMILES string of the molecule is CCc1cccc(C)c1-n1cnc(NC)nc1=O. The lowest BCUT2D eigenvalue weighted by atomic mass is 10.1. The van der Waals surface area contributed by atoms with Crippen LogP contribution in [0.3, 0.4) is 0 Å². The predicted molar refractivity (Wildman–Crippen MR) is 71.3 cm³/mol. The van der Waals surface area contributed by atoms with Crippen molar-refractivity contribution in [3.05, 3.63) is 46.1 Å². The molecule has 5 nitrogen and oxygen atoms in total. The predicted octanol–water partition coefficient (Wildman–Crippen LogP) is 1.54. The van der Waals surface area contributed by atoms with E-state index in [9.17, 15) is 4.79 Å². The Hall–Kier alpha value is -2.17. The van der Waals surface area contributed by atoms with Crippen molar-refractivity contribution in [2.75, 3.05) is 12.4 Å². The molecule has 0 aliphatic carbocycles. The summed E-state index contributed by atoms with van der Waals surface area (Å²) in [6, 6.07) is 5.99. The van der Waals surface area contributed by atoms with Gasteiger partial charge in [-0.1, -0.05) is 25.1 Å². The minimum Gasteiger partial charge on any atom is -0.357 e. The van der Waals surface area contributed by atoms with Crippen LogP contribution in [0.2, 0.25) is 0 Å².